The average molecular weight is 399 g/mol. The molecule has 0 unspecified atom stereocenters. The standard InChI is InChI=1S/C23H29NO5/c1-15(2)20-11-6-16(3)12-21(20)28-14-22(25)29-17(4)23(26)24-13-18-7-9-19(27-5)10-8-18/h6-12,15,17H,13-14H2,1-5H3,(H,24,26)/t17-/m0/s1. The molecule has 1 atom stereocenters. The minimum atomic E-state index is -0.911. The predicted octanol–water partition coefficient (Wildman–Crippen LogP) is 3.75. The first-order chi connectivity index (χ1) is 13.8. The van der Waals surface area contributed by atoms with E-state index in [1.54, 1.807) is 7.11 Å². The Morgan fingerprint density at radius 1 is 1.03 bits per heavy atom. The molecule has 0 aliphatic carbocycles. The molecule has 6 heteroatoms. The second-order valence-corrected chi connectivity index (χ2v) is 7.18. The van der Waals surface area contributed by atoms with Crippen molar-refractivity contribution in [2.45, 2.75) is 46.3 Å². The number of amides is 1. The number of methoxy groups -OCH3 is 1. The molecule has 0 aromatic heterocycles. The number of hydrogen-bond acceptors (Lipinski definition) is 5. The van der Waals surface area contributed by atoms with E-state index in [-0.39, 0.29) is 18.4 Å². The first-order valence-electron chi connectivity index (χ1n) is 9.63. The molecule has 2 rings (SSSR count). The fourth-order valence-electron chi connectivity index (χ4n) is 2.74. The van der Waals surface area contributed by atoms with Gasteiger partial charge in [0.1, 0.15) is 11.5 Å². The second-order valence-electron chi connectivity index (χ2n) is 7.18. The van der Waals surface area contributed by atoms with Crippen molar-refractivity contribution in [3.05, 3.63) is 59.2 Å². The highest BCUT2D eigenvalue weighted by molar-refractivity contribution is 5.83. The maximum atomic E-state index is 12.2. The summed E-state index contributed by atoms with van der Waals surface area (Å²) in [4.78, 5) is 24.3. The van der Waals surface area contributed by atoms with E-state index in [0.29, 0.717) is 12.3 Å². The molecule has 0 heterocycles. The van der Waals surface area contributed by atoms with Gasteiger partial charge in [0.25, 0.3) is 5.91 Å². The van der Waals surface area contributed by atoms with Crippen LogP contribution in [-0.4, -0.2) is 31.7 Å². The molecule has 2 aromatic carbocycles. The Labute approximate surface area is 172 Å². The minimum Gasteiger partial charge on any atom is -0.497 e. The SMILES string of the molecule is COc1ccc(CNC(=O)[C@H](C)OC(=O)COc2cc(C)ccc2C(C)C)cc1. The summed E-state index contributed by atoms with van der Waals surface area (Å²) in [6.45, 7) is 7.70. The maximum absolute atomic E-state index is 12.2. The first-order valence-corrected chi connectivity index (χ1v) is 9.63. The third-order valence-electron chi connectivity index (χ3n) is 4.44. The van der Waals surface area contributed by atoms with Crippen molar-refractivity contribution in [3.63, 3.8) is 0 Å². The van der Waals surface area contributed by atoms with Gasteiger partial charge in [-0.1, -0.05) is 38.1 Å². The van der Waals surface area contributed by atoms with Crippen LogP contribution in [-0.2, 0) is 20.9 Å². The van der Waals surface area contributed by atoms with E-state index in [1.165, 1.54) is 6.92 Å². The zero-order chi connectivity index (χ0) is 21.4. The van der Waals surface area contributed by atoms with E-state index >= 15 is 0 Å². The van der Waals surface area contributed by atoms with Crippen LogP contribution in [0.2, 0.25) is 0 Å². The number of benzene rings is 2. The van der Waals surface area contributed by atoms with Crippen LogP contribution >= 0.6 is 0 Å². The van der Waals surface area contributed by atoms with Crippen LogP contribution in [0.3, 0.4) is 0 Å². The highest BCUT2D eigenvalue weighted by atomic mass is 16.6. The van der Waals surface area contributed by atoms with E-state index in [0.717, 1.165) is 22.4 Å². The summed E-state index contributed by atoms with van der Waals surface area (Å²) in [6, 6.07) is 13.3. The quantitative estimate of drug-likeness (QED) is 0.650. The smallest absolute Gasteiger partial charge is 0.344 e. The number of nitrogens with one attached hydrogen (secondary N) is 1. The van der Waals surface area contributed by atoms with Crippen LogP contribution in [0.4, 0.5) is 0 Å². The molecule has 0 saturated heterocycles. The van der Waals surface area contributed by atoms with Crippen molar-refractivity contribution < 1.29 is 23.8 Å². The summed E-state index contributed by atoms with van der Waals surface area (Å²) < 4.78 is 15.9. The molecule has 29 heavy (non-hydrogen) atoms. The Morgan fingerprint density at radius 2 is 1.72 bits per heavy atom. The number of rotatable bonds is 9. The first kappa shape index (κ1) is 22.3. The molecule has 156 valence electrons. The summed E-state index contributed by atoms with van der Waals surface area (Å²) >= 11 is 0. The lowest BCUT2D eigenvalue weighted by atomic mass is 10.0. The Morgan fingerprint density at radius 3 is 2.34 bits per heavy atom. The number of carbonyl (C=O) groups is 2. The molecule has 1 amide bonds. The molecule has 2 aromatic rings. The van der Waals surface area contributed by atoms with E-state index in [2.05, 4.69) is 19.2 Å². The van der Waals surface area contributed by atoms with Gasteiger partial charge in [-0.3, -0.25) is 4.79 Å². The van der Waals surface area contributed by atoms with Gasteiger partial charge < -0.3 is 19.5 Å². The highest BCUT2D eigenvalue weighted by Gasteiger charge is 2.18. The lowest BCUT2D eigenvalue weighted by Crippen LogP contribution is -2.36. The average Bonchev–Trinajstić information content (AvgIpc) is 2.70. The van der Waals surface area contributed by atoms with Crippen molar-refractivity contribution in [1.29, 1.82) is 0 Å². The molecule has 0 spiro atoms. The zero-order valence-electron chi connectivity index (χ0n) is 17.7. The van der Waals surface area contributed by atoms with Crippen molar-refractivity contribution >= 4 is 11.9 Å². The highest BCUT2D eigenvalue weighted by Crippen LogP contribution is 2.27. The fourth-order valence-corrected chi connectivity index (χ4v) is 2.74. The molecule has 0 saturated carbocycles. The molecule has 0 bridgehead atoms. The van der Waals surface area contributed by atoms with Gasteiger partial charge in [0, 0.05) is 6.54 Å². The molecule has 0 aliphatic rings. The zero-order valence-corrected chi connectivity index (χ0v) is 17.7. The topological polar surface area (TPSA) is 73.9 Å². The molecule has 0 fully saturated rings. The molecule has 1 N–H and O–H groups in total. The third-order valence-corrected chi connectivity index (χ3v) is 4.44. The Balaban J connectivity index is 1.82. The van der Waals surface area contributed by atoms with Gasteiger partial charge in [-0.25, -0.2) is 4.79 Å². The van der Waals surface area contributed by atoms with Crippen LogP contribution in [0.25, 0.3) is 0 Å². The lowest BCUT2D eigenvalue weighted by molar-refractivity contribution is -0.156. The number of aryl methyl sites for hydroxylation is 1. The van der Waals surface area contributed by atoms with Gasteiger partial charge in [-0.05, 0) is 54.7 Å². The van der Waals surface area contributed by atoms with Gasteiger partial charge >= 0.3 is 5.97 Å². The van der Waals surface area contributed by atoms with Gasteiger partial charge in [0.2, 0.25) is 0 Å². The van der Waals surface area contributed by atoms with Crippen molar-refractivity contribution in [1.82, 2.24) is 5.32 Å². The van der Waals surface area contributed by atoms with Gasteiger partial charge in [0.05, 0.1) is 7.11 Å². The summed E-state index contributed by atoms with van der Waals surface area (Å²) in [5.74, 6) is 0.718. The molecule has 0 aliphatic heterocycles. The number of hydrogen-bond donors (Lipinski definition) is 1. The largest absolute Gasteiger partial charge is 0.497 e. The second kappa shape index (κ2) is 10.5. The van der Waals surface area contributed by atoms with Crippen molar-refractivity contribution in [2.24, 2.45) is 0 Å². The monoisotopic (exact) mass is 399 g/mol. The number of carbonyl (C=O) groups excluding carboxylic acids is 2. The van der Waals surface area contributed by atoms with E-state index < -0.39 is 12.1 Å². The third kappa shape index (κ3) is 6.82. The van der Waals surface area contributed by atoms with Crippen LogP contribution < -0.4 is 14.8 Å². The predicted molar refractivity (Wildman–Crippen MR) is 111 cm³/mol. The summed E-state index contributed by atoms with van der Waals surface area (Å²) in [5, 5.41) is 2.75. The summed E-state index contributed by atoms with van der Waals surface area (Å²) in [5.41, 5.74) is 2.99. The van der Waals surface area contributed by atoms with Gasteiger partial charge in [-0.15, -0.1) is 0 Å². The van der Waals surface area contributed by atoms with E-state index in [1.807, 2.05) is 49.4 Å². The number of esters is 1. The molecular weight excluding hydrogens is 370 g/mol. The summed E-state index contributed by atoms with van der Waals surface area (Å²) in [7, 11) is 1.60. The van der Waals surface area contributed by atoms with Gasteiger partial charge in [-0.2, -0.15) is 0 Å². The number of ether oxygens (including phenoxy) is 3. The molecule has 6 nitrogen and oxygen atoms in total. The Kier molecular flexibility index (Phi) is 8.07. The minimum absolute atomic E-state index is 0.251. The van der Waals surface area contributed by atoms with E-state index in [9.17, 15) is 9.59 Å². The summed E-state index contributed by atoms with van der Waals surface area (Å²) in [6.07, 6.45) is -0.911. The van der Waals surface area contributed by atoms with Crippen molar-refractivity contribution in [2.75, 3.05) is 13.7 Å². The lowest BCUT2D eigenvalue weighted by Gasteiger charge is -2.16. The van der Waals surface area contributed by atoms with E-state index in [4.69, 9.17) is 14.2 Å². The molecular formula is C23H29NO5. The van der Waals surface area contributed by atoms with Crippen LogP contribution in [0.5, 0.6) is 11.5 Å². The Bertz CT molecular complexity index is 830. The Hall–Kier alpha value is -3.02. The van der Waals surface area contributed by atoms with Gasteiger partial charge in [0.15, 0.2) is 12.7 Å². The van der Waals surface area contributed by atoms with Crippen LogP contribution in [0.1, 0.15) is 43.4 Å². The fraction of sp³-hybridized carbons (Fsp3) is 0.391. The van der Waals surface area contributed by atoms with Crippen LogP contribution in [0, 0.1) is 6.92 Å². The van der Waals surface area contributed by atoms with Crippen LogP contribution in [0.15, 0.2) is 42.5 Å². The normalized spacial score (nSPS) is 11.7. The maximum Gasteiger partial charge on any atom is 0.344 e. The van der Waals surface area contributed by atoms with Crippen molar-refractivity contribution in [3.8, 4) is 11.5 Å². The molecule has 0 radical (unpaired) electrons.